The zero-order valence-electron chi connectivity index (χ0n) is 11.8. The third-order valence-electron chi connectivity index (χ3n) is 3.04. The van der Waals surface area contributed by atoms with Gasteiger partial charge in [-0.3, -0.25) is 0 Å². The van der Waals surface area contributed by atoms with E-state index in [1.165, 1.54) is 0 Å². The molecule has 0 aliphatic carbocycles. The molecule has 0 spiro atoms. The van der Waals surface area contributed by atoms with Gasteiger partial charge in [0.05, 0.1) is 0 Å². The van der Waals surface area contributed by atoms with Crippen LogP contribution < -0.4 is 16.4 Å². The van der Waals surface area contributed by atoms with Gasteiger partial charge >= 0.3 is 6.03 Å². The van der Waals surface area contributed by atoms with Crippen molar-refractivity contribution in [3.05, 3.63) is 64.1 Å². The fourth-order valence-electron chi connectivity index (χ4n) is 1.87. The molecule has 0 aliphatic rings. The number of anilines is 1. The maximum atomic E-state index is 11.8. The highest BCUT2D eigenvalue weighted by atomic mass is 79.9. The summed E-state index contributed by atoms with van der Waals surface area (Å²) in [7, 11) is 0. The van der Waals surface area contributed by atoms with E-state index in [1.54, 1.807) is 0 Å². The number of hydrogen-bond donors (Lipinski definition) is 3. The van der Waals surface area contributed by atoms with E-state index < -0.39 is 0 Å². The van der Waals surface area contributed by atoms with Crippen molar-refractivity contribution in [2.75, 3.05) is 5.32 Å². The van der Waals surface area contributed by atoms with Crippen molar-refractivity contribution < 1.29 is 4.79 Å². The highest BCUT2D eigenvalue weighted by Gasteiger charge is 2.03. The van der Waals surface area contributed by atoms with E-state index in [1.807, 2.05) is 55.5 Å². The molecule has 21 heavy (non-hydrogen) atoms. The molecule has 2 aromatic carbocycles. The van der Waals surface area contributed by atoms with Gasteiger partial charge in [0, 0.05) is 22.7 Å². The zero-order valence-corrected chi connectivity index (χ0v) is 13.4. The highest BCUT2D eigenvalue weighted by molar-refractivity contribution is 9.10. The van der Waals surface area contributed by atoms with E-state index in [4.69, 9.17) is 5.73 Å². The van der Waals surface area contributed by atoms with Gasteiger partial charge in [-0.25, -0.2) is 4.79 Å². The fraction of sp³-hybridized carbons (Fsp3) is 0.188. The summed E-state index contributed by atoms with van der Waals surface area (Å²) in [4.78, 5) is 11.8. The van der Waals surface area contributed by atoms with E-state index in [9.17, 15) is 4.79 Å². The number of carbonyl (C=O) groups is 1. The predicted molar refractivity (Wildman–Crippen MR) is 89.0 cm³/mol. The molecule has 0 aromatic heterocycles. The van der Waals surface area contributed by atoms with Crippen LogP contribution in [-0.2, 0) is 6.54 Å². The first-order valence-electron chi connectivity index (χ1n) is 6.69. The van der Waals surface area contributed by atoms with Crippen LogP contribution in [0.2, 0.25) is 0 Å². The summed E-state index contributed by atoms with van der Waals surface area (Å²) in [5.74, 6) is 0. The van der Waals surface area contributed by atoms with Crippen LogP contribution in [0.4, 0.5) is 10.5 Å². The quantitative estimate of drug-likeness (QED) is 0.787. The third kappa shape index (κ3) is 4.88. The second-order valence-electron chi connectivity index (χ2n) is 4.85. The van der Waals surface area contributed by atoms with E-state index in [2.05, 4.69) is 26.6 Å². The SMILES string of the molecule is CC(N)c1ccc(NC(=O)NCc2cccc(Br)c2)cc1. The Morgan fingerprint density at radius 1 is 1.24 bits per heavy atom. The van der Waals surface area contributed by atoms with Crippen LogP contribution >= 0.6 is 15.9 Å². The minimum absolute atomic E-state index is 0.00981. The summed E-state index contributed by atoms with van der Waals surface area (Å²) < 4.78 is 0.994. The Labute approximate surface area is 132 Å². The fourth-order valence-corrected chi connectivity index (χ4v) is 2.32. The number of nitrogens with one attached hydrogen (secondary N) is 2. The lowest BCUT2D eigenvalue weighted by atomic mass is 10.1. The molecule has 0 bridgehead atoms. The van der Waals surface area contributed by atoms with Crippen molar-refractivity contribution in [3.8, 4) is 0 Å². The Morgan fingerprint density at radius 2 is 1.95 bits per heavy atom. The molecule has 0 saturated heterocycles. The van der Waals surface area contributed by atoms with Gasteiger partial charge in [0.1, 0.15) is 0 Å². The summed E-state index contributed by atoms with van der Waals surface area (Å²) >= 11 is 3.40. The molecule has 0 saturated carbocycles. The van der Waals surface area contributed by atoms with Crippen LogP contribution in [0, 0.1) is 0 Å². The lowest BCUT2D eigenvalue weighted by Gasteiger charge is -2.10. The summed E-state index contributed by atoms with van der Waals surface area (Å²) in [6, 6.07) is 15.1. The van der Waals surface area contributed by atoms with Gasteiger partial charge in [-0.15, -0.1) is 0 Å². The number of hydrogen-bond acceptors (Lipinski definition) is 2. The monoisotopic (exact) mass is 347 g/mol. The van der Waals surface area contributed by atoms with Crippen molar-refractivity contribution in [1.82, 2.24) is 5.32 Å². The van der Waals surface area contributed by atoms with Crippen molar-refractivity contribution in [1.29, 1.82) is 0 Å². The smallest absolute Gasteiger partial charge is 0.319 e. The maximum absolute atomic E-state index is 11.8. The van der Waals surface area contributed by atoms with Crippen molar-refractivity contribution in [2.24, 2.45) is 5.73 Å². The molecule has 0 fully saturated rings. The third-order valence-corrected chi connectivity index (χ3v) is 3.53. The zero-order chi connectivity index (χ0) is 15.2. The lowest BCUT2D eigenvalue weighted by Crippen LogP contribution is -2.28. The number of amides is 2. The second kappa shape index (κ2) is 7.24. The summed E-state index contributed by atoms with van der Waals surface area (Å²) in [6.45, 7) is 2.40. The molecule has 110 valence electrons. The molecular formula is C16H18BrN3O. The number of halogens is 1. The summed E-state index contributed by atoms with van der Waals surface area (Å²) in [5, 5.41) is 5.61. The van der Waals surface area contributed by atoms with Crippen molar-refractivity contribution >= 4 is 27.6 Å². The molecule has 5 heteroatoms. The van der Waals surface area contributed by atoms with E-state index >= 15 is 0 Å². The molecule has 4 nitrogen and oxygen atoms in total. The van der Waals surface area contributed by atoms with Gasteiger partial charge < -0.3 is 16.4 Å². The number of nitrogens with two attached hydrogens (primary N) is 1. The molecule has 2 rings (SSSR count). The van der Waals surface area contributed by atoms with Crippen LogP contribution in [0.1, 0.15) is 24.1 Å². The maximum Gasteiger partial charge on any atom is 0.319 e. The normalized spacial score (nSPS) is 11.8. The van der Waals surface area contributed by atoms with Gasteiger partial charge in [-0.2, -0.15) is 0 Å². The van der Waals surface area contributed by atoms with E-state index in [0.29, 0.717) is 6.54 Å². The Morgan fingerprint density at radius 3 is 2.57 bits per heavy atom. The Hall–Kier alpha value is -1.85. The Bertz CT molecular complexity index is 611. The highest BCUT2D eigenvalue weighted by Crippen LogP contribution is 2.14. The van der Waals surface area contributed by atoms with Gasteiger partial charge in [-0.05, 0) is 42.3 Å². The first-order valence-corrected chi connectivity index (χ1v) is 7.49. The first kappa shape index (κ1) is 15.5. The van der Waals surface area contributed by atoms with Gasteiger partial charge in [0.25, 0.3) is 0 Å². The minimum Gasteiger partial charge on any atom is -0.334 e. The van der Waals surface area contributed by atoms with Crippen LogP contribution in [0.3, 0.4) is 0 Å². The van der Waals surface area contributed by atoms with Crippen molar-refractivity contribution in [3.63, 3.8) is 0 Å². The van der Waals surface area contributed by atoms with Gasteiger partial charge in [0.2, 0.25) is 0 Å². The molecule has 1 unspecified atom stereocenters. The minimum atomic E-state index is -0.233. The lowest BCUT2D eigenvalue weighted by molar-refractivity contribution is 0.251. The Kier molecular flexibility index (Phi) is 5.36. The molecular weight excluding hydrogens is 330 g/mol. The molecule has 0 heterocycles. The van der Waals surface area contributed by atoms with Crippen LogP contribution in [0.5, 0.6) is 0 Å². The number of urea groups is 1. The second-order valence-corrected chi connectivity index (χ2v) is 5.76. The summed E-state index contributed by atoms with van der Waals surface area (Å²) in [5.41, 5.74) is 8.60. The number of rotatable bonds is 4. The Balaban J connectivity index is 1.87. The van der Waals surface area contributed by atoms with Crippen LogP contribution in [0.15, 0.2) is 53.0 Å². The molecule has 1 atom stereocenters. The van der Waals surface area contributed by atoms with E-state index in [-0.39, 0.29) is 12.1 Å². The average Bonchev–Trinajstić information content (AvgIpc) is 2.46. The molecule has 0 radical (unpaired) electrons. The molecule has 0 aliphatic heterocycles. The summed E-state index contributed by atoms with van der Waals surface area (Å²) in [6.07, 6.45) is 0. The van der Waals surface area contributed by atoms with Gasteiger partial charge in [-0.1, -0.05) is 40.2 Å². The topological polar surface area (TPSA) is 67.1 Å². The largest absolute Gasteiger partial charge is 0.334 e. The first-order chi connectivity index (χ1) is 10.0. The average molecular weight is 348 g/mol. The number of carbonyl (C=O) groups excluding carboxylic acids is 1. The van der Waals surface area contributed by atoms with Gasteiger partial charge in [0.15, 0.2) is 0 Å². The van der Waals surface area contributed by atoms with E-state index in [0.717, 1.165) is 21.3 Å². The number of benzene rings is 2. The predicted octanol–water partition coefficient (Wildman–Crippen LogP) is 3.79. The standard InChI is InChI=1S/C16H18BrN3O/c1-11(18)13-5-7-15(8-6-13)20-16(21)19-10-12-3-2-4-14(17)9-12/h2-9,11H,10,18H2,1H3,(H2,19,20,21). The van der Waals surface area contributed by atoms with Crippen LogP contribution in [-0.4, -0.2) is 6.03 Å². The van der Waals surface area contributed by atoms with Crippen LogP contribution in [0.25, 0.3) is 0 Å². The molecule has 4 N–H and O–H groups in total. The van der Waals surface area contributed by atoms with Crippen molar-refractivity contribution in [2.45, 2.75) is 19.5 Å². The molecule has 2 amide bonds. The molecule has 2 aromatic rings.